The zero-order chi connectivity index (χ0) is 19.7. The molecule has 0 radical (unpaired) electrons. The lowest BCUT2D eigenvalue weighted by Crippen LogP contribution is -2.07. The summed E-state index contributed by atoms with van der Waals surface area (Å²) in [5, 5.41) is 0. The van der Waals surface area contributed by atoms with E-state index in [0.717, 1.165) is 29.4 Å². The molecule has 1 nitrogen and oxygen atoms in total. The van der Waals surface area contributed by atoms with Crippen LogP contribution in [0.3, 0.4) is 0 Å². The summed E-state index contributed by atoms with van der Waals surface area (Å²) in [6.07, 6.45) is 8.76. The summed E-state index contributed by atoms with van der Waals surface area (Å²) in [6.45, 7) is 14.4. The van der Waals surface area contributed by atoms with Crippen LogP contribution in [-0.2, 0) is 4.79 Å². The van der Waals surface area contributed by atoms with E-state index in [9.17, 15) is 4.79 Å². The minimum atomic E-state index is -0.186. The molecule has 0 N–H and O–H groups in total. The van der Waals surface area contributed by atoms with E-state index in [1.54, 1.807) is 0 Å². The number of carbonyl (C=O) groups excluding carboxylic acids is 1. The zero-order valence-corrected chi connectivity index (χ0v) is 18.6. The van der Waals surface area contributed by atoms with Gasteiger partial charge in [0.2, 0.25) is 0 Å². The van der Waals surface area contributed by atoms with Crippen LogP contribution in [0, 0.1) is 16.4 Å². The molecule has 0 saturated heterocycles. The van der Waals surface area contributed by atoms with E-state index < -0.39 is 0 Å². The summed E-state index contributed by atoms with van der Waals surface area (Å²) >= 11 is 2.40. The lowest BCUT2D eigenvalue weighted by Gasteiger charge is -2.18. The van der Waals surface area contributed by atoms with E-state index in [2.05, 4.69) is 86.5 Å². The fraction of sp³-hybridized carbons (Fsp3) is 0.360. The minimum Gasteiger partial charge on any atom is -0.302 e. The molecule has 1 aromatic rings. The van der Waals surface area contributed by atoms with Crippen molar-refractivity contribution in [3.05, 3.63) is 85.7 Å². The number of hydrogen-bond acceptors (Lipinski definition) is 1. The predicted molar refractivity (Wildman–Crippen MR) is 122 cm³/mol. The highest BCUT2D eigenvalue weighted by atomic mass is 127. The van der Waals surface area contributed by atoms with Gasteiger partial charge in [0.15, 0.2) is 0 Å². The Morgan fingerprint density at radius 3 is 2.63 bits per heavy atom. The quantitative estimate of drug-likeness (QED) is 0.259. The Hall–Kier alpha value is -1.64. The Morgan fingerprint density at radius 1 is 1.37 bits per heavy atom. The first-order valence-electron chi connectivity index (χ1n) is 9.59. The Balaban J connectivity index is 1.95. The second kappa shape index (κ2) is 8.16. The maximum absolute atomic E-state index is 12.0. The lowest BCUT2D eigenvalue weighted by atomic mass is 9.86. The molecule has 3 rings (SSSR count). The van der Waals surface area contributed by atoms with Gasteiger partial charge in [0, 0.05) is 9.14 Å². The number of aryl methyl sites for hydroxylation is 1. The van der Waals surface area contributed by atoms with Gasteiger partial charge in [-0.15, -0.1) is 5.73 Å². The summed E-state index contributed by atoms with van der Waals surface area (Å²) in [5.41, 5.74) is 11.3. The highest BCUT2D eigenvalue weighted by molar-refractivity contribution is 14.1. The van der Waals surface area contributed by atoms with E-state index in [1.165, 1.54) is 38.7 Å². The van der Waals surface area contributed by atoms with Gasteiger partial charge in [-0.3, -0.25) is 0 Å². The molecule has 0 spiro atoms. The van der Waals surface area contributed by atoms with Crippen molar-refractivity contribution in [3.8, 4) is 0 Å². The highest BCUT2D eigenvalue weighted by Gasteiger charge is 2.29. The van der Waals surface area contributed by atoms with Crippen molar-refractivity contribution in [2.24, 2.45) is 5.92 Å². The summed E-state index contributed by atoms with van der Waals surface area (Å²) < 4.78 is 1.28. The average molecular weight is 470 g/mol. The van der Waals surface area contributed by atoms with Gasteiger partial charge in [-0.25, -0.2) is 0 Å². The third-order valence-electron chi connectivity index (χ3n) is 5.81. The van der Waals surface area contributed by atoms with Crippen LogP contribution in [0.1, 0.15) is 61.6 Å². The molecule has 0 bridgehead atoms. The van der Waals surface area contributed by atoms with E-state index in [-0.39, 0.29) is 5.92 Å². The minimum absolute atomic E-state index is 0.186. The van der Waals surface area contributed by atoms with Crippen molar-refractivity contribution in [2.45, 2.75) is 51.9 Å². The van der Waals surface area contributed by atoms with Crippen molar-refractivity contribution in [1.29, 1.82) is 0 Å². The van der Waals surface area contributed by atoms with Gasteiger partial charge in [0.25, 0.3) is 0 Å². The molecule has 27 heavy (non-hydrogen) atoms. The van der Waals surface area contributed by atoms with Gasteiger partial charge in [-0.05, 0) is 101 Å². The molecule has 0 heterocycles. The first-order valence-corrected chi connectivity index (χ1v) is 10.7. The molecule has 140 valence electrons. The Bertz CT molecular complexity index is 904. The number of rotatable bonds is 5. The highest BCUT2D eigenvalue weighted by Crippen LogP contribution is 2.45. The topological polar surface area (TPSA) is 17.1 Å². The molecule has 2 heteroatoms. The fourth-order valence-electron chi connectivity index (χ4n) is 3.97. The van der Waals surface area contributed by atoms with Crippen LogP contribution in [0.5, 0.6) is 0 Å². The van der Waals surface area contributed by atoms with E-state index >= 15 is 0 Å². The number of carbonyl (C=O) groups is 1. The smallest absolute Gasteiger partial charge is 0.131 e. The number of halogens is 1. The molecule has 2 aliphatic rings. The van der Waals surface area contributed by atoms with E-state index in [1.807, 2.05) is 0 Å². The van der Waals surface area contributed by atoms with Crippen molar-refractivity contribution in [1.82, 2.24) is 0 Å². The first kappa shape index (κ1) is 20.1. The Labute approximate surface area is 176 Å². The average Bonchev–Trinajstić information content (AvgIpc) is 3.43. The number of hydrogen-bond donors (Lipinski definition) is 0. The molecule has 0 aromatic heterocycles. The van der Waals surface area contributed by atoms with E-state index in [4.69, 9.17) is 0 Å². The maximum Gasteiger partial charge on any atom is 0.131 e. The molecule has 2 fully saturated rings. The number of aldehydes is 1. The second-order valence-corrected chi connectivity index (χ2v) is 9.06. The molecule has 2 atom stereocenters. The van der Waals surface area contributed by atoms with Gasteiger partial charge < -0.3 is 4.79 Å². The third kappa shape index (κ3) is 4.12. The van der Waals surface area contributed by atoms with E-state index in [0.29, 0.717) is 11.8 Å². The summed E-state index contributed by atoms with van der Waals surface area (Å²) in [6, 6.07) is 4.50. The number of benzene rings is 1. The van der Waals surface area contributed by atoms with Gasteiger partial charge in [-0.1, -0.05) is 43.9 Å². The SMILES string of the molecule is C=C=C1C(=C)/C(=C\C=C(/C)C(C=O)c2cc(C)c(I)cc2C2CC2)CC1C. The van der Waals surface area contributed by atoms with Gasteiger partial charge >= 0.3 is 0 Å². The molecule has 0 aliphatic heterocycles. The third-order valence-corrected chi connectivity index (χ3v) is 6.97. The maximum atomic E-state index is 12.0. The molecular formula is C25H27IO. The summed E-state index contributed by atoms with van der Waals surface area (Å²) in [5.74, 6) is 0.852. The van der Waals surface area contributed by atoms with Crippen LogP contribution in [0.4, 0.5) is 0 Å². The Morgan fingerprint density at radius 2 is 2.07 bits per heavy atom. The molecule has 2 aliphatic carbocycles. The zero-order valence-electron chi connectivity index (χ0n) is 16.4. The lowest BCUT2D eigenvalue weighted by molar-refractivity contribution is -0.108. The molecule has 1 aromatic carbocycles. The molecule has 2 saturated carbocycles. The van der Waals surface area contributed by atoms with Crippen LogP contribution >= 0.6 is 22.6 Å². The van der Waals surface area contributed by atoms with Crippen molar-refractivity contribution in [3.63, 3.8) is 0 Å². The van der Waals surface area contributed by atoms with Crippen molar-refractivity contribution >= 4 is 28.9 Å². The monoisotopic (exact) mass is 470 g/mol. The standard InChI is InChI=1S/C25H27IO/c1-6-21-16(3)11-20(18(21)5)8-7-15(2)24(14-27)23-12-17(4)25(26)13-22(23)19-9-10-19/h7-8,12-14,16,19,24H,1,5,9-11H2,2-4H3/b15-7+,20-8-. The normalized spacial score (nSPS) is 22.9. The largest absolute Gasteiger partial charge is 0.302 e. The Kier molecular flexibility index (Phi) is 6.08. The van der Waals surface area contributed by atoms with Crippen LogP contribution in [0.2, 0.25) is 0 Å². The number of allylic oxidation sites excluding steroid dienone is 6. The fourth-order valence-corrected chi connectivity index (χ4v) is 4.46. The molecular weight excluding hydrogens is 443 g/mol. The summed E-state index contributed by atoms with van der Waals surface area (Å²) in [7, 11) is 0. The molecule has 0 amide bonds. The van der Waals surface area contributed by atoms with Crippen molar-refractivity contribution in [2.75, 3.05) is 0 Å². The predicted octanol–water partition coefficient (Wildman–Crippen LogP) is 6.94. The van der Waals surface area contributed by atoms with Crippen LogP contribution in [0.25, 0.3) is 0 Å². The summed E-state index contributed by atoms with van der Waals surface area (Å²) in [4.78, 5) is 12.0. The van der Waals surface area contributed by atoms with Gasteiger partial charge in [0.05, 0.1) is 5.92 Å². The molecule has 2 unspecified atom stereocenters. The van der Waals surface area contributed by atoms with Gasteiger partial charge in [0.1, 0.15) is 6.29 Å². The van der Waals surface area contributed by atoms with Gasteiger partial charge in [-0.2, -0.15) is 0 Å². The van der Waals surface area contributed by atoms with Crippen LogP contribution in [-0.4, -0.2) is 6.29 Å². The van der Waals surface area contributed by atoms with Crippen molar-refractivity contribution < 1.29 is 4.79 Å². The first-order chi connectivity index (χ1) is 12.9. The van der Waals surface area contributed by atoms with Crippen LogP contribution in [0.15, 0.2) is 65.5 Å². The second-order valence-electron chi connectivity index (χ2n) is 7.90. The van der Waals surface area contributed by atoms with Crippen LogP contribution < -0.4 is 0 Å².